The van der Waals surface area contributed by atoms with Crippen LogP contribution in [-0.4, -0.2) is 66.6 Å². The molecule has 0 amide bonds. The van der Waals surface area contributed by atoms with E-state index in [1.165, 1.54) is 0 Å². The average Bonchev–Trinajstić information content (AvgIpc) is 2.23. The van der Waals surface area contributed by atoms with Gasteiger partial charge in [-0.15, -0.1) is 5.54 Å². The summed E-state index contributed by atoms with van der Waals surface area (Å²) < 4.78 is 17.8. The van der Waals surface area contributed by atoms with E-state index in [1.54, 1.807) is 11.8 Å². The molecule has 0 aromatic carbocycles. The van der Waals surface area contributed by atoms with Gasteiger partial charge >= 0.3 is 8.80 Å². The fraction of sp³-hybridized carbons (Fsp3) is 0.833. The Bertz CT molecular complexity index is 338. The standard InChI is InChI=1S/C12H23NO3SSi2/c1-18(2,3)11-10-17-12-19-14-7-4-13(5-8-15-19)6-9-16-19/h4-9,12H2,1-3H3. The van der Waals surface area contributed by atoms with Crippen molar-refractivity contribution in [2.24, 2.45) is 0 Å². The molecule has 7 heteroatoms. The molecule has 3 fully saturated rings. The van der Waals surface area contributed by atoms with Crippen LogP contribution in [0.4, 0.5) is 0 Å². The molecule has 0 saturated carbocycles. The molecule has 3 heterocycles. The molecule has 0 N–H and O–H groups in total. The van der Waals surface area contributed by atoms with E-state index in [9.17, 15) is 0 Å². The molecule has 3 rings (SSSR count). The van der Waals surface area contributed by atoms with Crippen LogP contribution in [0.5, 0.6) is 0 Å². The lowest BCUT2D eigenvalue weighted by atomic mass is 10.4. The lowest BCUT2D eigenvalue weighted by molar-refractivity contribution is -0.00440. The van der Waals surface area contributed by atoms with Crippen molar-refractivity contribution in [3.8, 4) is 10.8 Å². The molecule has 0 spiro atoms. The topological polar surface area (TPSA) is 30.9 Å². The van der Waals surface area contributed by atoms with E-state index in [4.69, 9.17) is 13.3 Å². The van der Waals surface area contributed by atoms with Crippen LogP contribution in [0, 0.1) is 10.8 Å². The summed E-state index contributed by atoms with van der Waals surface area (Å²) in [6.45, 7) is 11.9. The third kappa shape index (κ3) is 5.23. The molecule has 0 aliphatic carbocycles. The summed E-state index contributed by atoms with van der Waals surface area (Å²) in [6, 6.07) is 0. The summed E-state index contributed by atoms with van der Waals surface area (Å²) in [4.78, 5) is 2.33. The van der Waals surface area contributed by atoms with Crippen molar-refractivity contribution >= 4 is 28.6 Å². The minimum atomic E-state index is -2.47. The molecule has 2 bridgehead atoms. The first-order chi connectivity index (χ1) is 8.99. The van der Waals surface area contributed by atoms with Crippen LogP contribution in [0.3, 0.4) is 0 Å². The molecule has 4 nitrogen and oxygen atoms in total. The molecular weight excluding hydrogens is 294 g/mol. The van der Waals surface area contributed by atoms with E-state index >= 15 is 0 Å². The highest BCUT2D eigenvalue weighted by Crippen LogP contribution is 2.20. The van der Waals surface area contributed by atoms with Crippen LogP contribution in [0.25, 0.3) is 0 Å². The van der Waals surface area contributed by atoms with E-state index < -0.39 is 16.9 Å². The van der Waals surface area contributed by atoms with Crippen molar-refractivity contribution in [2.75, 3.05) is 44.8 Å². The smallest absolute Gasteiger partial charge is 0.372 e. The van der Waals surface area contributed by atoms with E-state index in [0.717, 1.165) is 25.0 Å². The highest BCUT2D eigenvalue weighted by Gasteiger charge is 2.43. The number of hydrogen-bond acceptors (Lipinski definition) is 5. The lowest BCUT2D eigenvalue weighted by Gasteiger charge is -2.37. The Kier molecular flexibility index (Phi) is 5.54. The first kappa shape index (κ1) is 15.6. The van der Waals surface area contributed by atoms with Crippen molar-refractivity contribution in [3.05, 3.63) is 0 Å². The maximum absolute atomic E-state index is 5.95. The Morgan fingerprint density at radius 1 is 1.05 bits per heavy atom. The quantitative estimate of drug-likeness (QED) is 0.568. The zero-order valence-corrected chi connectivity index (χ0v) is 14.8. The molecule has 3 saturated heterocycles. The number of thioether (sulfide) groups is 1. The summed E-state index contributed by atoms with van der Waals surface area (Å²) in [5.74, 6) is 0. The Morgan fingerprint density at radius 3 is 2.05 bits per heavy atom. The van der Waals surface area contributed by atoms with Crippen molar-refractivity contribution in [1.82, 2.24) is 4.90 Å². The molecule has 0 atom stereocenters. The molecule has 19 heavy (non-hydrogen) atoms. The maximum atomic E-state index is 5.95. The van der Waals surface area contributed by atoms with Gasteiger partial charge in [0.05, 0.1) is 25.2 Å². The summed E-state index contributed by atoms with van der Waals surface area (Å²) >= 11 is 1.61. The summed E-state index contributed by atoms with van der Waals surface area (Å²) in [7, 11) is -3.77. The van der Waals surface area contributed by atoms with Crippen LogP contribution < -0.4 is 0 Å². The molecule has 0 aromatic rings. The van der Waals surface area contributed by atoms with Crippen LogP contribution >= 0.6 is 11.8 Å². The van der Waals surface area contributed by atoms with Gasteiger partial charge < -0.3 is 13.3 Å². The van der Waals surface area contributed by atoms with E-state index in [1.807, 2.05) is 0 Å². The molecular formula is C12H23NO3SSi2. The normalized spacial score (nSPS) is 31.8. The van der Waals surface area contributed by atoms with Crippen molar-refractivity contribution in [1.29, 1.82) is 0 Å². The molecule has 3 aliphatic rings. The van der Waals surface area contributed by atoms with Gasteiger partial charge in [0.15, 0.2) is 0 Å². The summed E-state index contributed by atoms with van der Waals surface area (Å²) in [5, 5.41) is 3.97. The second-order valence-electron chi connectivity index (χ2n) is 5.84. The van der Waals surface area contributed by atoms with Gasteiger partial charge in [-0.3, -0.25) is 4.90 Å². The second kappa shape index (κ2) is 6.76. The van der Waals surface area contributed by atoms with Crippen LogP contribution in [0.1, 0.15) is 0 Å². The monoisotopic (exact) mass is 317 g/mol. The Balaban J connectivity index is 1.92. The highest BCUT2D eigenvalue weighted by atomic mass is 32.2. The van der Waals surface area contributed by atoms with Crippen LogP contribution in [-0.2, 0) is 13.3 Å². The number of rotatable bonds is 2. The Hall–Kier alpha value is 0.184. The van der Waals surface area contributed by atoms with Gasteiger partial charge in [-0.2, -0.15) is 0 Å². The first-order valence-electron chi connectivity index (χ1n) is 6.77. The predicted molar refractivity (Wildman–Crippen MR) is 83.6 cm³/mol. The molecule has 0 aromatic heterocycles. The highest BCUT2D eigenvalue weighted by molar-refractivity contribution is 8.05. The fourth-order valence-corrected chi connectivity index (χ4v) is 6.86. The number of fused-ring (bicyclic) bond motifs is 6. The van der Waals surface area contributed by atoms with Crippen molar-refractivity contribution in [2.45, 2.75) is 19.6 Å². The average molecular weight is 318 g/mol. The molecule has 108 valence electrons. The zero-order chi connectivity index (χ0) is 13.8. The van der Waals surface area contributed by atoms with Gasteiger partial charge in [0, 0.05) is 19.6 Å². The van der Waals surface area contributed by atoms with Gasteiger partial charge in [-0.1, -0.05) is 31.4 Å². The first-order valence-corrected chi connectivity index (χ1v) is 13.2. The lowest BCUT2D eigenvalue weighted by Crippen LogP contribution is -2.56. The minimum Gasteiger partial charge on any atom is -0.372 e. The van der Waals surface area contributed by atoms with Gasteiger partial charge in [-0.05, 0) is 5.25 Å². The van der Waals surface area contributed by atoms with Crippen molar-refractivity contribution < 1.29 is 13.3 Å². The summed E-state index contributed by atoms with van der Waals surface area (Å²) in [5.41, 5.74) is 3.36. The summed E-state index contributed by atoms with van der Waals surface area (Å²) in [6.07, 6.45) is 0. The maximum Gasteiger partial charge on any atom is 0.512 e. The molecule has 0 unspecified atom stereocenters. The van der Waals surface area contributed by atoms with E-state index in [-0.39, 0.29) is 0 Å². The predicted octanol–water partition coefficient (Wildman–Crippen LogP) is 1.41. The zero-order valence-electron chi connectivity index (χ0n) is 12.0. The van der Waals surface area contributed by atoms with Gasteiger partial charge in [-0.25, -0.2) is 0 Å². The Morgan fingerprint density at radius 2 is 1.58 bits per heavy atom. The third-order valence-electron chi connectivity index (χ3n) is 2.94. The van der Waals surface area contributed by atoms with Crippen LogP contribution in [0.2, 0.25) is 19.6 Å². The fourth-order valence-electron chi connectivity index (χ4n) is 1.89. The second-order valence-corrected chi connectivity index (χ2v) is 14.5. The largest absolute Gasteiger partial charge is 0.512 e. The third-order valence-corrected chi connectivity index (χ3v) is 8.16. The minimum absolute atomic E-state index is 0.716. The number of hydrogen-bond donors (Lipinski definition) is 0. The van der Waals surface area contributed by atoms with Crippen molar-refractivity contribution in [3.63, 3.8) is 0 Å². The van der Waals surface area contributed by atoms with Gasteiger partial charge in [0.2, 0.25) is 0 Å². The van der Waals surface area contributed by atoms with Crippen LogP contribution in [0.15, 0.2) is 0 Å². The molecule has 0 radical (unpaired) electrons. The van der Waals surface area contributed by atoms with Gasteiger partial charge in [0.1, 0.15) is 8.07 Å². The molecule has 3 aliphatic heterocycles. The van der Waals surface area contributed by atoms with Gasteiger partial charge in [0.25, 0.3) is 0 Å². The number of nitrogens with zero attached hydrogens (tertiary/aromatic N) is 1. The van der Waals surface area contributed by atoms with E-state index in [0.29, 0.717) is 19.8 Å². The van der Waals surface area contributed by atoms with E-state index in [2.05, 4.69) is 35.3 Å². The Labute approximate surface area is 122 Å². The SMILES string of the molecule is C[Si](C)(C)C#CSC[Si]12OCCN(CCO1)CCO2.